The molecule has 1 aliphatic rings. The van der Waals surface area contributed by atoms with E-state index >= 15 is 0 Å². The molecule has 3 rings (SSSR count). The van der Waals surface area contributed by atoms with Gasteiger partial charge in [0.1, 0.15) is 11.5 Å². The Hall–Kier alpha value is -2.67. The van der Waals surface area contributed by atoms with Crippen LogP contribution in [0.4, 0.5) is 0 Å². The number of nitrogens with zero attached hydrogens (tertiary/aromatic N) is 2. The van der Waals surface area contributed by atoms with Crippen molar-refractivity contribution < 1.29 is 19.1 Å². The van der Waals surface area contributed by atoms with Gasteiger partial charge in [-0.25, -0.2) is 0 Å². The second-order valence-corrected chi connectivity index (χ2v) is 8.20. The number of aryl methyl sites for hydroxylation is 1. The van der Waals surface area contributed by atoms with Crippen LogP contribution in [0.5, 0.6) is 11.5 Å². The maximum Gasteiger partial charge on any atom is 0.257 e. The molecule has 1 heterocycles. The highest BCUT2D eigenvalue weighted by atomic mass is 32.2. The van der Waals surface area contributed by atoms with Gasteiger partial charge in [0.2, 0.25) is 5.91 Å². The van der Waals surface area contributed by atoms with Gasteiger partial charge in [-0.15, -0.1) is 11.8 Å². The van der Waals surface area contributed by atoms with Crippen LogP contribution in [0.3, 0.4) is 0 Å². The third-order valence-corrected chi connectivity index (χ3v) is 6.16. The summed E-state index contributed by atoms with van der Waals surface area (Å²) >= 11 is 1.63. The van der Waals surface area contributed by atoms with Gasteiger partial charge < -0.3 is 19.3 Å². The molecule has 1 fully saturated rings. The Morgan fingerprint density at radius 1 is 0.933 bits per heavy atom. The average Bonchev–Trinajstić information content (AvgIpc) is 2.79. The monoisotopic (exact) mass is 428 g/mol. The number of rotatable bonds is 7. The maximum atomic E-state index is 12.9. The smallest absolute Gasteiger partial charge is 0.257 e. The molecular formula is C23H28N2O4S. The SMILES string of the molecule is COc1ccc(C(=O)N2CCN(C(=O)CSCc3ccc(C)cc3)CC2)c(OC)c1. The normalized spacial score (nSPS) is 13.8. The fourth-order valence-electron chi connectivity index (χ4n) is 3.34. The van der Waals surface area contributed by atoms with E-state index in [-0.39, 0.29) is 11.8 Å². The van der Waals surface area contributed by atoms with Crippen LogP contribution in [-0.4, -0.2) is 67.8 Å². The van der Waals surface area contributed by atoms with Gasteiger partial charge in [-0.1, -0.05) is 29.8 Å². The molecule has 6 nitrogen and oxygen atoms in total. The second kappa shape index (κ2) is 10.4. The Labute approximate surface area is 182 Å². The van der Waals surface area contributed by atoms with Gasteiger partial charge in [0.05, 0.1) is 25.5 Å². The summed E-state index contributed by atoms with van der Waals surface area (Å²) in [4.78, 5) is 29.0. The summed E-state index contributed by atoms with van der Waals surface area (Å²) in [5.41, 5.74) is 2.97. The highest BCUT2D eigenvalue weighted by Crippen LogP contribution is 2.26. The fraction of sp³-hybridized carbons (Fsp3) is 0.391. The van der Waals surface area contributed by atoms with E-state index in [0.29, 0.717) is 49.0 Å². The van der Waals surface area contributed by atoms with Crippen LogP contribution in [0.15, 0.2) is 42.5 Å². The van der Waals surface area contributed by atoms with Crippen molar-refractivity contribution in [3.05, 3.63) is 59.2 Å². The number of carbonyl (C=O) groups excluding carboxylic acids is 2. The lowest BCUT2D eigenvalue weighted by Gasteiger charge is -2.35. The summed E-state index contributed by atoms with van der Waals surface area (Å²) in [5.74, 6) is 2.44. The van der Waals surface area contributed by atoms with E-state index in [1.807, 2.05) is 4.90 Å². The standard InChI is InChI=1S/C23H28N2O4S/c1-17-4-6-18(7-5-17)15-30-16-22(26)24-10-12-25(13-11-24)23(27)20-9-8-19(28-2)14-21(20)29-3/h4-9,14H,10-13,15-16H2,1-3H3. The molecule has 0 aliphatic carbocycles. The minimum Gasteiger partial charge on any atom is -0.497 e. The number of hydrogen-bond acceptors (Lipinski definition) is 5. The molecule has 0 bridgehead atoms. The van der Waals surface area contributed by atoms with Crippen LogP contribution in [-0.2, 0) is 10.5 Å². The van der Waals surface area contributed by atoms with Gasteiger partial charge >= 0.3 is 0 Å². The molecule has 0 atom stereocenters. The van der Waals surface area contributed by atoms with Crippen molar-refractivity contribution in [3.8, 4) is 11.5 Å². The van der Waals surface area contributed by atoms with E-state index in [0.717, 1.165) is 5.75 Å². The molecule has 2 aromatic rings. The second-order valence-electron chi connectivity index (χ2n) is 7.22. The third kappa shape index (κ3) is 5.48. The zero-order chi connectivity index (χ0) is 21.5. The van der Waals surface area contributed by atoms with Crippen molar-refractivity contribution in [1.29, 1.82) is 0 Å². The predicted octanol–water partition coefficient (Wildman–Crippen LogP) is 3.23. The van der Waals surface area contributed by atoms with Crippen LogP contribution in [0.25, 0.3) is 0 Å². The van der Waals surface area contributed by atoms with Crippen molar-refractivity contribution in [2.45, 2.75) is 12.7 Å². The minimum absolute atomic E-state index is 0.0876. The molecule has 2 amide bonds. The van der Waals surface area contributed by atoms with Gasteiger partial charge in [-0.2, -0.15) is 0 Å². The largest absolute Gasteiger partial charge is 0.497 e. The average molecular weight is 429 g/mol. The highest BCUT2D eigenvalue weighted by molar-refractivity contribution is 7.99. The fourth-order valence-corrected chi connectivity index (χ4v) is 4.22. The lowest BCUT2D eigenvalue weighted by molar-refractivity contribution is -0.129. The molecule has 1 aliphatic heterocycles. The number of carbonyl (C=O) groups is 2. The molecular weight excluding hydrogens is 400 g/mol. The summed E-state index contributed by atoms with van der Waals surface area (Å²) in [5, 5.41) is 0. The molecule has 2 aromatic carbocycles. The Morgan fingerprint density at radius 3 is 2.23 bits per heavy atom. The molecule has 1 saturated heterocycles. The van der Waals surface area contributed by atoms with Crippen molar-refractivity contribution in [1.82, 2.24) is 9.80 Å². The molecule has 0 aromatic heterocycles. The van der Waals surface area contributed by atoms with Crippen molar-refractivity contribution in [2.24, 2.45) is 0 Å². The van der Waals surface area contributed by atoms with Gasteiger partial charge in [-0.05, 0) is 24.6 Å². The van der Waals surface area contributed by atoms with Gasteiger partial charge in [0.15, 0.2) is 0 Å². The number of benzene rings is 2. The molecule has 160 valence electrons. The first-order valence-corrected chi connectivity index (χ1v) is 11.1. The number of hydrogen-bond donors (Lipinski definition) is 0. The Bertz CT molecular complexity index is 877. The number of methoxy groups -OCH3 is 2. The molecule has 0 unspecified atom stereocenters. The highest BCUT2D eigenvalue weighted by Gasteiger charge is 2.26. The third-order valence-electron chi connectivity index (χ3n) is 5.17. The van der Waals surface area contributed by atoms with E-state index in [1.54, 1.807) is 42.0 Å². The zero-order valence-electron chi connectivity index (χ0n) is 17.7. The number of ether oxygens (including phenoxy) is 2. The minimum atomic E-state index is -0.0876. The van der Waals surface area contributed by atoms with Gasteiger partial charge in [0, 0.05) is 38.0 Å². The van der Waals surface area contributed by atoms with E-state index in [4.69, 9.17) is 9.47 Å². The molecule has 0 spiro atoms. The Balaban J connectivity index is 1.48. The van der Waals surface area contributed by atoms with E-state index in [1.165, 1.54) is 18.2 Å². The Morgan fingerprint density at radius 2 is 1.60 bits per heavy atom. The quantitative estimate of drug-likeness (QED) is 0.678. The first kappa shape index (κ1) is 22.0. The van der Waals surface area contributed by atoms with Crippen molar-refractivity contribution >= 4 is 23.6 Å². The summed E-state index contributed by atoms with van der Waals surface area (Å²) in [6.45, 7) is 4.20. The van der Waals surface area contributed by atoms with Gasteiger partial charge in [0.25, 0.3) is 5.91 Å². The Kier molecular flexibility index (Phi) is 7.63. The molecule has 7 heteroatoms. The lowest BCUT2D eigenvalue weighted by atomic mass is 10.1. The lowest BCUT2D eigenvalue weighted by Crippen LogP contribution is -2.51. The van der Waals surface area contributed by atoms with Crippen LogP contribution >= 0.6 is 11.8 Å². The van der Waals surface area contributed by atoms with Crippen LogP contribution < -0.4 is 9.47 Å². The van der Waals surface area contributed by atoms with Gasteiger partial charge in [-0.3, -0.25) is 9.59 Å². The molecule has 0 N–H and O–H groups in total. The summed E-state index contributed by atoms with van der Waals surface area (Å²) in [6.07, 6.45) is 0. The topological polar surface area (TPSA) is 59.1 Å². The van der Waals surface area contributed by atoms with Crippen LogP contribution in [0, 0.1) is 6.92 Å². The first-order valence-electron chi connectivity index (χ1n) is 9.94. The van der Waals surface area contributed by atoms with Crippen molar-refractivity contribution in [3.63, 3.8) is 0 Å². The predicted molar refractivity (Wildman–Crippen MR) is 119 cm³/mol. The molecule has 0 radical (unpaired) electrons. The number of amides is 2. The van der Waals surface area contributed by atoms with Crippen LogP contribution in [0.1, 0.15) is 21.5 Å². The molecule has 0 saturated carbocycles. The number of piperazine rings is 1. The summed E-state index contributed by atoms with van der Waals surface area (Å²) in [6, 6.07) is 13.6. The zero-order valence-corrected chi connectivity index (χ0v) is 18.5. The first-order chi connectivity index (χ1) is 14.5. The summed E-state index contributed by atoms with van der Waals surface area (Å²) < 4.78 is 10.5. The van der Waals surface area contributed by atoms with E-state index in [2.05, 4.69) is 31.2 Å². The van der Waals surface area contributed by atoms with E-state index in [9.17, 15) is 9.59 Å². The van der Waals surface area contributed by atoms with E-state index < -0.39 is 0 Å². The number of thioether (sulfide) groups is 1. The van der Waals surface area contributed by atoms with Crippen molar-refractivity contribution in [2.75, 3.05) is 46.2 Å². The summed E-state index contributed by atoms with van der Waals surface area (Å²) in [7, 11) is 3.11. The molecule has 30 heavy (non-hydrogen) atoms. The van der Waals surface area contributed by atoms with Crippen LogP contribution in [0.2, 0.25) is 0 Å². The maximum absolute atomic E-state index is 12.9.